The van der Waals surface area contributed by atoms with Gasteiger partial charge in [0.15, 0.2) is 0 Å². The molecule has 0 unspecified atom stereocenters. The number of para-hydroxylation sites is 1. The molecule has 0 saturated heterocycles. The highest BCUT2D eigenvalue weighted by Crippen LogP contribution is 2.23. The molecule has 0 aliphatic carbocycles. The van der Waals surface area contributed by atoms with Gasteiger partial charge >= 0.3 is 0 Å². The van der Waals surface area contributed by atoms with Crippen LogP contribution in [0.15, 0.2) is 59.1 Å². The van der Waals surface area contributed by atoms with Crippen LogP contribution in [-0.2, 0) is 4.79 Å². The number of rotatable bonds is 4. The molecule has 2 nitrogen and oxygen atoms in total. The lowest BCUT2D eigenvalue weighted by atomic mass is 9.97. The molecule has 2 rings (SSSR count). The van der Waals surface area contributed by atoms with Crippen LogP contribution in [0.25, 0.3) is 0 Å². The van der Waals surface area contributed by atoms with Gasteiger partial charge in [-0.1, -0.05) is 49.4 Å². The lowest BCUT2D eigenvalue weighted by Gasteiger charge is -2.12. The zero-order valence-corrected chi connectivity index (χ0v) is 12.4. The molecule has 3 heteroatoms. The van der Waals surface area contributed by atoms with E-state index in [1.54, 1.807) is 0 Å². The number of hydrogen-bond donors (Lipinski definition) is 1. The van der Waals surface area contributed by atoms with Gasteiger partial charge in [-0.05, 0) is 39.5 Å². The summed E-state index contributed by atoms with van der Waals surface area (Å²) in [7, 11) is 0. The SMILES string of the molecule is C[C@H](CC(=O)Nc1ccccc1Br)c1ccccc1. The number of nitrogens with one attached hydrogen (secondary N) is 1. The maximum absolute atomic E-state index is 12.0. The summed E-state index contributed by atoms with van der Waals surface area (Å²) >= 11 is 3.42. The predicted octanol–water partition coefficient (Wildman–Crippen LogP) is 4.58. The van der Waals surface area contributed by atoms with Crippen molar-refractivity contribution in [3.8, 4) is 0 Å². The summed E-state index contributed by atoms with van der Waals surface area (Å²) in [6.45, 7) is 2.06. The molecule has 2 aromatic rings. The lowest BCUT2D eigenvalue weighted by molar-refractivity contribution is -0.116. The normalized spacial score (nSPS) is 11.9. The van der Waals surface area contributed by atoms with Crippen molar-refractivity contribution < 1.29 is 4.79 Å². The first-order valence-corrected chi connectivity index (χ1v) is 7.05. The summed E-state index contributed by atoms with van der Waals surface area (Å²) in [6, 6.07) is 17.7. The number of benzene rings is 2. The Morgan fingerprint density at radius 1 is 1.11 bits per heavy atom. The van der Waals surface area contributed by atoms with Crippen molar-refractivity contribution >= 4 is 27.5 Å². The Balaban J connectivity index is 1.97. The maximum Gasteiger partial charge on any atom is 0.225 e. The van der Waals surface area contributed by atoms with Crippen molar-refractivity contribution in [2.24, 2.45) is 0 Å². The molecule has 0 fully saturated rings. The topological polar surface area (TPSA) is 29.1 Å². The first-order valence-electron chi connectivity index (χ1n) is 6.26. The van der Waals surface area contributed by atoms with Crippen LogP contribution in [0.4, 0.5) is 5.69 Å². The first-order chi connectivity index (χ1) is 9.16. The van der Waals surface area contributed by atoms with Crippen molar-refractivity contribution in [3.63, 3.8) is 0 Å². The minimum absolute atomic E-state index is 0.0308. The zero-order chi connectivity index (χ0) is 13.7. The molecule has 98 valence electrons. The second-order valence-electron chi connectivity index (χ2n) is 4.54. The summed E-state index contributed by atoms with van der Waals surface area (Å²) < 4.78 is 0.899. The van der Waals surface area contributed by atoms with Crippen molar-refractivity contribution in [2.75, 3.05) is 5.32 Å². The van der Waals surface area contributed by atoms with E-state index in [4.69, 9.17) is 0 Å². The average molecular weight is 318 g/mol. The lowest BCUT2D eigenvalue weighted by Crippen LogP contribution is -2.14. The number of halogens is 1. The molecule has 0 spiro atoms. The molecule has 2 aromatic carbocycles. The van der Waals surface area contributed by atoms with Crippen LogP contribution in [0, 0.1) is 0 Å². The summed E-state index contributed by atoms with van der Waals surface area (Å²) in [5.41, 5.74) is 2.00. The highest BCUT2D eigenvalue weighted by molar-refractivity contribution is 9.10. The van der Waals surface area contributed by atoms with Gasteiger partial charge in [-0.2, -0.15) is 0 Å². The quantitative estimate of drug-likeness (QED) is 0.878. The fourth-order valence-corrected chi connectivity index (χ4v) is 2.33. The molecule has 1 amide bonds. The Morgan fingerprint density at radius 3 is 2.42 bits per heavy atom. The van der Waals surface area contributed by atoms with Crippen LogP contribution >= 0.6 is 15.9 Å². The Hall–Kier alpha value is -1.61. The third-order valence-corrected chi connectivity index (χ3v) is 3.70. The summed E-state index contributed by atoms with van der Waals surface area (Å²) in [4.78, 5) is 12.0. The van der Waals surface area contributed by atoms with Gasteiger partial charge in [0.2, 0.25) is 5.91 Å². The van der Waals surface area contributed by atoms with E-state index in [1.165, 1.54) is 5.56 Å². The van der Waals surface area contributed by atoms with E-state index >= 15 is 0 Å². The van der Waals surface area contributed by atoms with E-state index in [0.717, 1.165) is 10.2 Å². The first kappa shape index (κ1) is 13.8. The molecule has 0 bridgehead atoms. The summed E-state index contributed by atoms with van der Waals surface area (Å²) in [5.74, 6) is 0.243. The van der Waals surface area contributed by atoms with E-state index in [2.05, 4.69) is 40.3 Å². The largest absolute Gasteiger partial charge is 0.325 e. The van der Waals surface area contributed by atoms with Crippen molar-refractivity contribution in [1.29, 1.82) is 0 Å². The average Bonchev–Trinajstić information content (AvgIpc) is 2.42. The van der Waals surface area contributed by atoms with Crippen LogP contribution < -0.4 is 5.32 Å². The van der Waals surface area contributed by atoms with Crippen LogP contribution in [0.5, 0.6) is 0 Å². The maximum atomic E-state index is 12.0. The predicted molar refractivity (Wildman–Crippen MR) is 82.2 cm³/mol. The molecule has 1 N–H and O–H groups in total. The molecule has 1 atom stereocenters. The third kappa shape index (κ3) is 3.93. The Kier molecular flexibility index (Phi) is 4.74. The summed E-state index contributed by atoms with van der Waals surface area (Å²) in [5, 5.41) is 2.93. The third-order valence-electron chi connectivity index (χ3n) is 3.01. The second-order valence-corrected chi connectivity index (χ2v) is 5.40. The van der Waals surface area contributed by atoms with Gasteiger partial charge in [-0.3, -0.25) is 4.79 Å². The van der Waals surface area contributed by atoms with Gasteiger partial charge in [0, 0.05) is 10.9 Å². The molecular formula is C16H16BrNO. The van der Waals surface area contributed by atoms with E-state index in [1.807, 2.05) is 42.5 Å². The minimum atomic E-state index is 0.0308. The monoisotopic (exact) mass is 317 g/mol. The Labute approximate surface area is 122 Å². The van der Waals surface area contributed by atoms with Crippen molar-refractivity contribution in [3.05, 3.63) is 64.6 Å². The number of hydrogen-bond acceptors (Lipinski definition) is 1. The molecule has 19 heavy (non-hydrogen) atoms. The molecule has 0 saturated carbocycles. The molecule has 0 aliphatic rings. The van der Waals surface area contributed by atoms with Crippen molar-refractivity contribution in [2.45, 2.75) is 19.3 Å². The molecule has 0 aliphatic heterocycles. The smallest absolute Gasteiger partial charge is 0.225 e. The number of carbonyl (C=O) groups is 1. The standard InChI is InChI=1S/C16H16BrNO/c1-12(13-7-3-2-4-8-13)11-16(19)18-15-10-6-5-9-14(15)17/h2-10,12H,11H2,1H3,(H,18,19)/t12-/m1/s1. The molecular weight excluding hydrogens is 302 g/mol. The van der Waals surface area contributed by atoms with Crippen LogP contribution in [0.3, 0.4) is 0 Å². The van der Waals surface area contributed by atoms with Gasteiger partial charge < -0.3 is 5.32 Å². The summed E-state index contributed by atoms with van der Waals surface area (Å²) in [6.07, 6.45) is 0.478. The van der Waals surface area contributed by atoms with Crippen LogP contribution in [-0.4, -0.2) is 5.91 Å². The fraction of sp³-hybridized carbons (Fsp3) is 0.188. The van der Waals surface area contributed by atoms with Crippen LogP contribution in [0.2, 0.25) is 0 Å². The molecule has 0 heterocycles. The molecule has 0 aromatic heterocycles. The number of amides is 1. The van der Waals surface area contributed by atoms with Gasteiger partial charge in [-0.25, -0.2) is 0 Å². The van der Waals surface area contributed by atoms with Crippen LogP contribution in [0.1, 0.15) is 24.8 Å². The van der Waals surface area contributed by atoms with E-state index in [9.17, 15) is 4.79 Å². The number of carbonyl (C=O) groups excluding carboxylic acids is 1. The van der Waals surface area contributed by atoms with Gasteiger partial charge in [0.25, 0.3) is 0 Å². The minimum Gasteiger partial charge on any atom is -0.325 e. The van der Waals surface area contributed by atoms with Gasteiger partial charge in [-0.15, -0.1) is 0 Å². The van der Waals surface area contributed by atoms with E-state index in [0.29, 0.717) is 6.42 Å². The zero-order valence-electron chi connectivity index (χ0n) is 10.8. The van der Waals surface area contributed by atoms with Crippen molar-refractivity contribution in [1.82, 2.24) is 0 Å². The Morgan fingerprint density at radius 2 is 1.74 bits per heavy atom. The molecule has 0 radical (unpaired) electrons. The van der Waals surface area contributed by atoms with Gasteiger partial charge in [0.05, 0.1) is 5.69 Å². The highest BCUT2D eigenvalue weighted by Gasteiger charge is 2.11. The second kappa shape index (κ2) is 6.53. The Bertz CT molecular complexity index is 554. The van der Waals surface area contributed by atoms with E-state index in [-0.39, 0.29) is 11.8 Å². The van der Waals surface area contributed by atoms with E-state index < -0.39 is 0 Å². The highest BCUT2D eigenvalue weighted by atomic mass is 79.9. The van der Waals surface area contributed by atoms with Gasteiger partial charge in [0.1, 0.15) is 0 Å². The fourth-order valence-electron chi connectivity index (χ4n) is 1.94. The number of anilines is 1.